The van der Waals surface area contributed by atoms with Crippen molar-refractivity contribution >= 4 is 17.5 Å². The molecule has 9 heteroatoms. The lowest BCUT2D eigenvalue weighted by molar-refractivity contribution is -0.184. The first-order valence-electron chi connectivity index (χ1n) is 9.52. The number of nitrogens with zero attached hydrogens (tertiary/aromatic N) is 2. The second kappa shape index (κ2) is 8.91. The van der Waals surface area contributed by atoms with Crippen LogP contribution in [0.1, 0.15) is 18.4 Å². The molecule has 3 rings (SSSR count). The number of carbonyl (C=O) groups excluding carboxylic acids is 2. The first-order valence-corrected chi connectivity index (χ1v) is 9.52. The average molecular weight is 398 g/mol. The Morgan fingerprint density at radius 2 is 1.89 bits per heavy atom. The molecule has 6 nitrogen and oxygen atoms in total. The summed E-state index contributed by atoms with van der Waals surface area (Å²) in [6.07, 6.45) is -2.70. The predicted octanol–water partition coefficient (Wildman–Crippen LogP) is 1.31. The largest absolute Gasteiger partial charge is 0.405 e. The van der Waals surface area contributed by atoms with E-state index in [-0.39, 0.29) is 25.5 Å². The van der Waals surface area contributed by atoms with Gasteiger partial charge >= 0.3 is 6.18 Å². The van der Waals surface area contributed by atoms with Gasteiger partial charge in [0.2, 0.25) is 11.8 Å². The van der Waals surface area contributed by atoms with Crippen LogP contribution in [0.5, 0.6) is 0 Å². The van der Waals surface area contributed by atoms with E-state index in [1.165, 1.54) is 9.80 Å². The number of para-hydroxylation sites is 1. The number of hydrogen-bond donors (Lipinski definition) is 2. The summed E-state index contributed by atoms with van der Waals surface area (Å²) in [6.45, 7) is 0.725. The smallest absolute Gasteiger partial charge is 0.353 e. The number of alkyl halides is 3. The van der Waals surface area contributed by atoms with Gasteiger partial charge in [-0.05, 0) is 24.5 Å². The van der Waals surface area contributed by atoms with Crippen molar-refractivity contribution in [3.63, 3.8) is 0 Å². The summed E-state index contributed by atoms with van der Waals surface area (Å²) < 4.78 is 40.3. The van der Waals surface area contributed by atoms with E-state index >= 15 is 0 Å². The molecule has 1 saturated heterocycles. The van der Waals surface area contributed by atoms with Gasteiger partial charge in [0.25, 0.3) is 0 Å². The van der Waals surface area contributed by atoms with Crippen LogP contribution in [0, 0.1) is 0 Å². The number of carbonyl (C=O) groups is 2. The average Bonchev–Trinajstić information content (AvgIpc) is 2.81. The quantitative estimate of drug-likeness (QED) is 0.785. The van der Waals surface area contributed by atoms with Gasteiger partial charge in [-0.3, -0.25) is 14.5 Å². The molecule has 2 aliphatic rings. The third kappa shape index (κ3) is 5.02. The molecule has 2 heterocycles. The van der Waals surface area contributed by atoms with E-state index in [1.807, 2.05) is 12.1 Å². The van der Waals surface area contributed by atoms with E-state index in [1.54, 1.807) is 12.1 Å². The van der Waals surface area contributed by atoms with Gasteiger partial charge in [-0.1, -0.05) is 18.2 Å². The maximum absolute atomic E-state index is 13.4. The molecule has 2 N–H and O–H groups in total. The number of halogens is 3. The lowest BCUT2D eigenvalue weighted by atomic mass is 10.1. The molecular weight excluding hydrogens is 373 g/mol. The molecule has 0 aromatic heterocycles. The van der Waals surface area contributed by atoms with Crippen LogP contribution < -0.4 is 15.5 Å². The first kappa shape index (κ1) is 20.6. The Balaban J connectivity index is 1.64. The van der Waals surface area contributed by atoms with Gasteiger partial charge < -0.3 is 15.5 Å². The first-order chi connectivity index (χ1) is 13.4. The minimum absolute atomic E-state index is 0.186. The van der Waals surface area contributed by atoms with Crippen LogP contribution in [0.4, 0.5) is 18.9 Å². The third-order valence-electron chi connectivity index (χ3n) is 5.18. The van der Waals surface area contributed by atoms with Crippen LogP contribution >= 0.6 is 0 Å². The fraction of sp³-hybridized carbons (Fsp3) is 0.579. The van der Waals surface area contributed by atoms with Crippen molar-refractivity contribution in [2.45, 2.75) is 31.5 Å². The molecule has 2 aliphatic heterocycles. The zero-order chi connectivity index (χ0) is 20.1. The van der Waals surface area contributed by atoms with Crippen LogP contribution in [0.2, 0.25) is 0 Å². The molecule has 1 aromatic rings. The van der Waals surface area contributed by atoms with Crippen molar-refractivity contribution in [3.8, 4) is 0 Å². The minimum Gasteiger partial charge on any atom is -0.353 e. The number of piperazine rings is 1. The maximum Gasteiger partial charge on any atom is 0.405 e. The number of benzene rings is 1. The molecule has 0 bridgehead atoms. The molecule has 1 unspecified atom stereocenters. The lowest BCUT2D eigenvalue weighted by Gasteiger charge is -2.36. The summed E-state index contributed by atoms with van der Waals surface area (Å²) in [6, 6.07) is 5.60. The Labute approximate surface area is 162 Å². The van der Waals surface area contributed by atoms with Crippen LogP contribution in [-0.2, 0) is 16.0 Å². The van der Waals surface area contributed by atoms with Gasteiger partial charge in [-0.25, -0.2) is 0 Å². The van der Waals surface area contributed by atoms with Crippen LogP contribution in [0.3, 0.4) is 0 Å². The topological polar surface area (TPSA) is 64.7 Å². The van der Waals surface area contributed by atoms with E-state index < -0.39 is 24.7 Å². The van der Waals surface area contributed by atoms with Crippen molar-refractivity contribution in [2.75, 3.05) is 44.2 Å². The van der Waals surface area contributed by atoms with Gasteiger partial charge in [0.1, 0.15) is 12.6 Å². The van der Waals surface area contributed by atoms with Gasteiger partial charge in [-0.2, -0.15) is 13.2 Å². The highest BCUT2D eigenvalue weighted by molar-refractivity contribution is 5.99. The van der Waals surface area contributed by atoms with E-state index in [4.69, 9.17) is 0 Å². The van der Waals surface area contributed by atoms with Crippen molar-refractivity contribution in [1.29, 1.82) is 0 Å². The van der Waals surface area contributed by atoms with Crippen LogP contribution in [0.15, 0.2) is 24.3 Å². The maximum atomic E-state index is 13.4. The fourth-order valence-electron chi connectivity index (χ4n) is 3.71. The molecule has 1 aromatic carbocycles. The summed E-state index contributed by atoms with van der Waals surface area (Å²) >= 11 is 0. The molecular formula is C19H25F3N4O2. The zero-order valence-electron chi connectivity index (χ0n) is 15.6. The molecule has 1 fully saturated rings. The van der Waals surface area contributed by atoms with E-state index in [9.17, 15) is 22.8 Å². The Morgan fingerprint density at radius 1 is 1.18 bits per heavy atom. The van der Waals surface area contributed by atoms with Gasteiger partial charge in [0.05, 0.1) is 0 Å². The SMILES string of the molecule is O=C(CN1C(=O)CCCc2ccccc21)NCC(N1CCNCC1)C(F)(F)F. The summed E-state index contributed by atoms with van der Waals surface area (Å²) in [5.41, 5.74) is 1.63. The molecule has 154 valence electrons. The molecule has 28 heavy (non-hydrogen) atoms. The molecule has 1 atom stereocenters. The predicted molar refractivity (Wildman–Crippen MR) is 99.0 cm³/mol. The monoisotopic (exact) mass is 398 g/mol. The highest BCUT2D eigenvalue weighted by Crippen LogP contribution is 2.27. The normalized spacial score (nSPS) is 19.7. The second-order valence-electron chi connectivity index (χ2n) is 7.11. The Morgan fingerprint density at radius 3 is 2.61 bits per heavy atom. The number of aryl methyl sites for hydroxylation is 1. The Bertz CT molecular complexity index is 705. The minimum atomic E-state index is -4.43. The number of fused-ring (bicyclic) bond motifs is 1. The Kier molecular flexibility index (Phi) is 6.56. The van der Waals surface area contributed by atoms with Gasteiger partial charge in [0.15, 0.2) is 0 Å². The number of anilines is 1. The number of hydrogen-bond acceptors (Lipinski definition) is 4. The molecule has 0 saturated carbocycles. The lowest BCUT2D eigenvalue weighted by Crippen LogP contribution is -2.58. The van der Waals surface area contributed by atoms with Crippen LogP contribution in [-0.4, -0.2) is 68.2 Å². The van der Waals surface area contributed by atoms with Crippen molar-refractivity contribution < 1.29 is 22.8 Å². The van der Waals surface area contributed by atoms with E-state index in [0.717, 1.165) is 12.0 Å². The summed E-state index contributed by atoms with van der Waals surface area (Å²) in [4.78, 5) is 27.5. The van der Waals surface area contributed by atoms with E-state index in [2.05, 4.69) is 10.6 Å². The van der Waals surface area contributed by atoms with Crippen molar-refractivity contribution in [1.82, 2.24) is 15.5 Å². The number of amides is 2. The van der Waals surface area contributed by atoms with Crippen molar-refractivity contribution in [3.05, 3.63) is 29.8 Å². The third-order valence-corrected chi connectivity index (χ3v) is 5.18. The molecule has 0 aliphatic carbocycles. The van der Waals surface area contributed by atoms with Crippen LogP contribution in [0.25, 0.3) is 0 Å². The molecule has 2 amide bonds. The second-order valence-corrected chi connectivity index (χ2v) is 7.11. The van der Waals surface area contributed by atoms with Gasteiger partial charge in [-0.15, -0.1) is 0 Å². The van der Waals surface area contributed by atoms with E-state index in [0.29, 0.717) is 31.6 Å². The molecule has 0 spiro atoms. The Hall–Kier alpha value is -2.13. The molecule has 0 radical (unpaired) electrons. The highest BCUT2D eigenvalue weighted by Gasteiger charge is 2.43. The zero-order valence-corrected chi connectivity index (χ0v) is 15.6. The summed E-state index contributed by atoms with van der Waals surface area (Å²) in [7, 11) is 0. The number of rotatable bonds is 5. The fourth-order valence-corrected chi connectivity index (χ4v) is 3.71. The number of nitrogens with one attached hydrogen (secondary N) is 2. The highest BCUT2D eigenvalue weighted by atomic mass is 19.4. The van der Waals surface area contributed by atoms with Crippen molar-refractivity contribution in [2.24, 2.45) is 0 Å². The summed E-state index contributed by atoms with van der Waals surface area (Å²) in [5.74, 6) is -0.774. The van der Waals surface area contributed by atoms with Gasteiger partial charge in [0, 0.05) is 44.8 Å². The standard InChI is InChI=1S/C19H25F3N4O2/c20-19(21,22)16(25-10-8-23-9-11-25)12-24-17(27)13-26-15-6-2-1-4-14(15)5-3-7-18(26)28/h1-2,4,6,16,23H,3,5,7-13H2,(H,24,27). The summed E-state index contributed by atoms with van der Waals surface area (Å²) in [5, 5.41) is 5.41.